The Balaban J connectivity index is 1.17. The maximum Gasteiger partial charge on any atom is 0.254 e. The number of nitrogens with zero attached hydrogens (tertiary/aromatic N) is 2. The van der Waals surface area contributed by atoms with Crippen LogP contribution in [0.15, 0.2) is 48.5 Å². The molecule has 2 fully saturated rings. The zero-order valence-corrected chi connectivity index (χ0v) is 21.7. The van der Waals surface area contributed by atoms with Crippen LogP contribution in [0.3, 0.4) is 0 Å². The van der Waals surface area contributed by atoms with Gasteiger partial charge in [-0.3, -0.25) is 9.59 Å². The van der Waals surface area contributed by atoms with Gasteiger partial charge in [-0.05, 0) is 68.2 Å². The molecule has 5 nitrogen and oxygen atoms in total. The Morgan fingerprint density at radius 3 is 2.37 bits per heavy atom. The molecule has 2 aromatic rings. The number of hydrogen-bond donors (Lipinski definition) is 0. The summed E-state index contributed by atoms with van der Waals surface area (Å²) in [6.45, 7) is 2.39. The number of hydrogen-bond acceptors (Lipinski definition) is 3. The van der Waals surface area contributed by atoms with Crippen LogP contribution in [0.4, 0.5) is 0 Å². The molecule has 0 aromatic heterocycles. The molecule has 1 aliphatic carbocycles. The summed E-state index contributed by atoms with van der Waals surface area (Å²) >= 11 is 6.26. The fraction of sp³-hybridized carbons (Fsp3) is 0.517. The Morgan fingerprint density at radius 2 is 1.77 bits per heavy atom. The fourth-order valence-corrected chi connectivity index (χ4v) is 5.62. The number of amides is 2. The van der Waals surface area contributed by atoms with E-state index in [9.17, 15) is 9.59 Å². The van der Waals surface area contributed by atoms with Gasteiger partial charge in [0.25, 0.3) is 5.91 Å². The molecule has 0 atom stereocenters. The first-order chi connectivity index (χ1) is 16.9. The van der Waals surface area contributed by atoms with E-state index in [0.717, 1.165) is 58.0 Å². The molecule has 1 saturated carbocycles. The Bertz CT molecular complexity index is 1010. The molecule has 0 bridgehead atoms. The highest BCUT2D eigenvalue weighted by Crippen LogP contribution is 2.45. The van der Waals surface area contributed by atoms with Crippen molar-refractivity contribution in [1.82, 2.24) is 9.80 Å². The number of carbonyl (C=O) groups excluding carboxylic acids is 2. The van der Waals surface area contributed by atoms with Crippen LogP contribution in [0.1, 0.15) is 67.3 Å². The topological polar surface area (TPSA) is 49.9 Å². The highest BCUT2D eigenvalue weighted by molar-refractivity contribution is 6.34. The molecule has 0 radical (unpaired) electrons. The van der Waals surface area contributed by atoms with Crippen LogP contribution in [0.25, 0.3) is 0 Å². The van der Waals surface area contributed by atoms with Gasteiger partial charge in [0.05, 0.1) is 22.6 Å². The average molecular weight is 497 g/mol. The second-order valence-electron chi connectivity index (χ2n) is 10.2. The van der Waals surface area contributed by atoms with E-state index in [4.69, 9.17) is 16.3 Å². The van der Waals surface area contributed by atoms with Gasteiger partial charge in [0, 0.05) is 27.2 Å². The lowest BCUT2D eigenvalue weighted by Crippen LogP contribution is -2.53. The first-order valence-electron chi connectivity index (χ1n) is 12.9. The molecule has 1 saturated heterocycles. The van der Waals surface area contributed by atoms with Crippen LogP contribution in [0.5, 0.6) is 5.75 Å². The lowest BCUT2D eigenvalue weighted by molar-refractivity contribution is -0.142. The second kappa shape index (κ2) is 11.5. The Labute approximate surface area is 214 Å². The molecule has 0 unspecified atom stereocenters. The third kappa shape index (κ3) is 5.83. The van der Waals surface area contributed by atoms with Crippen molar-refractivity contribution in [3.63, 3.8) is 0 Å². The summed E-state index contributed by atoms with van der Waals surface area (Å²) in [5.41, 5.74) is 1.41. The van der Waals surface area contributed by atoms with E-state index >= 15 is 0 Å². The van der Waals surface area contributed by atoms with Gasteiger partial charge in [-0.1, -0.05) is 54.8 Å². The maximum absolute atomic E-state index is 13.4. The zero-order chi connectivity index (χ0) is 24.8. The predicted molar refractivity (Wildman–Crippen MR) is 140 cm³/mol. The normalized spacial score (nSPS) is 17.5. The summed E-state index contributed by atoms with van der Waals surface area (Å²) < 4.78 is 5.86. The minimum Gasteiger partial charge on any atom is -0.494 e. The highest BCUT2D eigenvalue weighted by Gasteiger charge is 2.47. The van der Waals surface area contributed by atoms with Crippen molar-refractivity contribution in [3.05, 3.63) is 64.7 Å². The van der Waals surface area contributed by atoms with Crippen molar-refractivity contribution < 1.29 is 14.3 Å². The monoisotopic (exact) mass is 496 g/mol. The summed E-state index contributed by atoms with van der Waals surface area (Å²) in [4.78, 5) is 29.2. The SMILES string of the molecule is CN(C)C(=O)c1ccc(OCCCCC2CCN(C(=O)C3(c4ccccc4)CCC3)CC2)cc1Cl. The molecule has 188 valence electrons. The van der Waals surface area contributed by atoms with Crippen LogP contribution in [-0.4, -0.2) is 55.4 Å². The van der Waals surface area contributed by atoms with Gasteiger partial charge in [0.1, 0.15) is 5.75 Å². The van der Waals surface area contributed by atoms with E-state index in [2.05, 4.69) is 17.0 Å². The van der Waals surface area contributed by atoms with Gasteiger partial charge in [-0.25, -0.2) is 0 Å². The van der Waals surface area contributed by atoms with E-state index in [0.29, 0.717) is 34.8 Å². The minimum absolute atomic E-state index is 0.114. The minimum atomic E-state index is -0.272. The number of halogens is 1. The lowest BCUT2D eigenvalue weighted by Gasteiger charge is -2.45. The maximum atomic E-state index is 13.4. The standard InChI is InChI=1S/C29H37ClN2O3/c1-31(2)27(33)25-13-12-24(21-26(25)30)35-20-7-6-9-22-14-18-32(19-15-22)28(34)29(16-8-17-29)23-10-4-3-5-11-23/h3-5,10-13,21-22H,6-9,14-20H2,1-2H3. The molecule has 1 aliphatic heterocycles. The number of piperidine rings is 1. The van der Waals surface area contributed by atoms with E-state index in [-0.39, 0.29) is 11.3 Å². The molecule has 1 heterocycles. The van der Waals surface area contributed by atoms with Gasteiger partial charge >= 0.3 is 0 Å². The third-order valence-corrected chi connectivity index (χ3v) is 8.01. The van der Waals surface area contributed by atoms with Crippen LogP contribution < -0.4 is 4.74 Å². The molecule has 6 heteroatoms. The van der Waals surface area contributed by atoms with Crippen LogP contribution >= 0.6 is 11.6 Å². The molecular weight excluding hydrogens is 460 g/mol. The van der Waals surface area contributed by atoms with Gasteiger partial charge in [-0.2, -0.15) is 0 Å². The largest absolute Gasteiger partial charge is 0.494 e. The Hall–Kier alpha value is -2.53. The van der Waals surface area contributed by atoms with E-state index < -0.39 is 0 Å². The second-order valence-corrected chi connectivity index (χ2v) is 10.6. The molecule has 2 aromatic carbocycles. The third-order valence-electron chi connectivity index (χ3n) is 7.70. The van der Waals surface area contributed by atoms with Crippen molar-refractivity contribution >= 4 is 23.4 Å². The summed E-state index contributed by atoms with van der Waals surface area (Å²) in [6, 6.07) is 15.6. The van der Waals surface area contributed by atoms with Crippen molar-refractivity contribution in [2.45, 2.75) is 56.8 Å². The number of unbranched alkanes of at least 4 members (excludes halogenated alkanes) is 1. The fourth-order valence-electron chi connectivity index (χ4n) is 5.37. The number of carbonyl (C=O) groups is 2. The smallest absolute Gasteiger partial charge is 0.254 e. The van der Waals surface area contributed by atoms with Crippen molar-refractivity contribution in [2.24, 2.45) is 5.92 Å². The highest BCUT2D eigenvalue weighted by atomic mass is 35.5. The molecule has 4 rings (SSSR count). The average Bonchev–Trinajstić information content (AvgIpc) is 2.84. The van der Waals surface area contributed by atoms with Crippen LogP contribution in [0.2, 0.25) is 5.02 Å². The van der Waals surface area contributed by atoms with E-state index in [1.807, 2.05) is 18.2 Å². The lowest BCUT2D eigenvalue weighted by atomic mass is 9.63. The first kappa shape index (κ1) is 25.6. The van der Waals surface area contributed by atoms with E-state index in [1.165, 1.54) is 16.9 Å². The number of ether oxygens (including phenoxy) is 1. The van der Waals surface area contributed by atoms with Crippen molar-refractivity contribution in [3.8, 4) is 5.75 Å². The van der Waals surface area contributed by atoms with Gasteiger partial charge in [-0.15, -0.1) is 0 Å². The summed E-state index contributed by atoms with van der Waals surface area (Å²) in [7, 11) is 3.42. The van der Waals surface area contributed by atoms with Crippen molar-refractivity contribution in [2.75, 3.05) is 33.8 Å². The Kier molecular flexibility index (Phi) is 8.38. The van der Waals surface area contributed by atoms with Crippen LogP contribution in [0, 0.1) is 5.92 Å². The van der Waals surface area contributed by atoms with E-state index in [1.54, 1.807) is 32.3 Å². The molecule has 2 amide bonds. The number of likely N-dealkylation sites (tertiary alicyclic amines) is 1. The van der Waals surface area contributed by atoms with Gasteiger partial charge in [0.15, 0.2) is 0 Å². The Morgan fingerprint density at radius 1 is 1.06 bits per heavy atom. The molecular formula is C29H37ClN2O3. The zero-order valence-electron chi connectivity index (χ0n) is 21.0. The summed E-state index contributed by atoms with van der Waals surface area (Å²) in [5, 5.41) is 0.415. The number of rotatable bonds is 9. The quantitative estimate of drug-likeness (QED) is 0.403. The predicted octanol–water partition coefficient (Wildman–Crippen LogP) is 5.95. The van der Waals surface area contributed by atoms with Gasteiger partial charge in [0.2, 0.25) is 5.91 Å². The molecule has 2 aliphatic rings. The van der Waals surface area contributed by atoms with Crippen LogP contribution in [-0.2, 0) is 10.2 Å². The molecule has 0 spiro atoms. The van der Waals surface area contributed by atoms with Crippen molar-refractivity contribution in [1.29, 1.82) is 0 Å². The molecule has 35 heavy (non-hydrogen) atoms. The first-order valence-corrected chi connectivity index (χ1v) is 13.3. The molecule has 0 N–H and O–H groups in total. The van der Waals surface area contributed by atoms with Gasteiger partial charge < -0.3 is 14.5 Å². The number of benzene rings is 2. The summed E-state index contributed by atoms with van der Waals surface area (Å²) in [6.07, 6.45) is 8.55. The summed E-state index contributed by atoms with van der Waals surface area (Å²) in [5.74, 6) is 1.61.